The van der Waals surface area contributed by atoms with E-state index in [-0.39, 0.29) is 17.9 Å². The summed E-state index contributed by atoms with van der Waals surface area (Å²) in [5.41, 5.74) is 2.74. The van der Waals surface area contributed by atoms with Crippen LogP contribution in [0, 0.1) is 19.3 Å². The maximum absolute atomic E-state index is 12.2. The van der Waals surface area contributed by atoms with Gasteiger partial charge in [0.15, 0.2) is 0 Å². The lowest BCUT2D eigenvalue weighted by Crippen LogP contribution is -2.38. The van der Waals surface area contributed by atoms with Crippen LogP contribution in [0.4, 0.5) is 0 Å². The van der Waals surface area contributed by atoms with Crippen molar-refractivity contribution in [2.75, 3.05) is 13.2 Å². The van der Waals surface area contributed by atoms with E-state index >= 15 is 0 Å². The zero-order valence-electron chi connectivity index (χ0n) is 11.8. The van der Waals surface area contributed by atoms with Gasteiger partial charge in [0.1, 0.15) is 0 Å². The third kappa shape index (κ3) is 3.16. The second-order valence-electron chi connectivity index (χ2n) is 5.87. The van der Waals surface area contributed by atoms with E-state index in [0.29, 0.717) is 6.54 Å². The van der Waals surface area contributed by atoms with Crippen LogP contribution >= 0.6 is 0 Å². The predicted octanol–water partition coefficient (Wildman–Crippen LogP) is 2.59. The molecule has 2 rings (SSSR count). The molecule has 0 bridgehead atoms. The number of carbonyl (C=O) groups is 1. The summed E-state index contributed by atoms with van der Waals surface area (Å²) in [5.74, 6) is -0.0269. The highest BCUT2D eigenvalue weighted by Gasteiger charge is 2.33. The molecule has 1 saturated carbocycles. The van der Waals surface area contributed by atoms with Crippen LogP contribution in [-0.2, 0) is 0 Å². The Balaban J connectivity index is 2.03. The highest BCUT2D eigenvalue weighted by atomic mass is 16.3. The number of carbonyl (C=O) groups excluding carboxylic acids is 1. The van der Waals surface area contributed by atoms with Gasteiger partial charge in [0.2, 0.25) is 0 Å². The zero-order chi connectivity index (χ0) is 13.9. The summed E-state index contributed by atoms with van der Waals surface area (Å²) in [5, 5.41) is 12.5. The maximum Gasteiger partial charge on any atom is 0.251 e. The Morgan fingerprint density at radius 3 is 2.63 bits per heavy atom. The van der Waals surface area contributed by atoms with Crippen LogP contribution in [0.25, 0.3) is 0 Å². The van der Waals surface area contributed by atoms with Gasteiger partial charge in [0.25, 0.3) is 5.91 Å². The number of amides is 1. The lowest BCUT2D eigenvalue weighted by molar-refractivity contribution is 0.0880. The first-order chi connectivity index (χ1) is 9.06. The quantitative estimate of drug-likeness (QED) is 0.875. The second kappa shape index (κ2) is 5.74. The molecular weight excluding hydrogens is 238 g/mol. The third-order valence-electron chi connectivity index (χ3n) is 4.26. The molecule has 0 heterocycles. The van der Waals surface area contributed by atoms with Gasteiger partial charge in [0, 0.05) is 17.5 Å². The summed E-state index contributed by atoms with van der Waals surface area (Å²) >= 11 is 0. The molecular formula is C16H23NO2. The lowest BCUT2D eigenvalue weighted by Gasteiger charge is -2.26. The van der Waals surface area contributed by atoms with Gasteiger partial charge in [-0.25, -0.2) is 0 Å². The van der Waals surface area contributed by atoms with E-state index in [9.17, 15) is 9.90 Å². The van der Waals surface area contributed by atoms with Crippen LogP contribution in [0.3, 0.4) is 0 Å². The van der Waals surface area contributed by atoms with Gasteiger partial charge in [0.05, 0.1) is 6.61 Å². The molecule has 0 aromatic heterocycles. The van der Waals surface area contributed by atoms with Crippen molar-refractivity contribution < 1.29 is 9.90 Å². The maximum atomic E-state index is 12.2. The summed E-state index contributed by atoms with van der Waals surface area (Å²) in [6, 6.07) is 5.91. The Kier molecular flexibility index (Phi) is 4.25. The van der Waals surface area contributed by atoms with Gasteiger partial charge >= 0.3 is 0 Å². The van der Waals surface area contributed by atoms with Crippen molar-refractivity contribution in [2.24, 2.45) is 5.41 Å². The van der Waals surface area contributed by atoms with Crippen molar-refractivity contribution in [1.82, 2.24) is 5.32 Å². The first-order valence-electron chi connectivity index (χ1n) is 7.03. The highest BCUT2D eigenvalue weighted by Crippen LogP contribution is 2.36. The first-order valence-corrected chi connectivity index (χ1v) is 7.03. The molecule has 0 aliphatic heterocycles. The van der Waals surface area contributed by atoms with Gasteiger partial charge in [-0.1, -0.05) is 30.5 Å². The number of aliphatic hydroxyl groups is 1. The summed E-state index contributed by atoms with van der Waals surface area (Å²) in [6.07, 6.45) is 4.33. The van der Waals surface area contributed by atoms with Crippen LogP contribution in [0.2, 0.25) is 0 Å². The monoisotopic (exact) mass is 261 g/mol. The van der Waals surface area contributed by atoms with Gasteiger partial charge in [-0.2, -0.15) is 0 Å². The molecule has 19 heavy (non-hydrogen) atoms. The molecule has 3 nitrogen and oxygen atoms in total. The topological polar surface area (TPSA) is 49.3 Å². The van der Waals surface area contributed by atoms with Crippen LogP contribution in [0.1, 0.15) is 47.2 Å². The lowest BCUT2D eigenvalue weighted by atomic mass is 9.87. The first kappa shape index (κ1) is 14.1. The molecule has 1 fully saturated rings. The van der Waals surface area contributed by atoms with Crippen molar-refractivity contribution in [1.29, 1.82) is 0 Å². The summed E-state index contributed by atoms with van der Waals surface area (Å²) in [6.45, 7) is 4.68. The average molecular weight is 261 g/mol. The minimum absolute atomic E-state index is 0.0269. The van der Waals surface area contributed by atoms with Crippen LogP contribution in [-0.4, -0.2) is 24.2 Å². The minimum Gasteiger partial charge on any atom is -0.396 e. The Hall–Kier alpha value is -1.35. The molecule has 104 valence electrons. The Bertz CT molecular complexity index is 462. The SMILES string of the molecule is Cc1ccc(C)c(C(=O)NCC2(CO)CCCC2)c1. The van der Waals surface area contributed by atoms with E-state index < -0.39 is 0 Å². The molecule has 0 saturated heterocycles. The number of nitrogens with one attached hydrogen (secondary N) is 1. The zero-order valence-corrected chi connectivity index (χ0v) is 11.8. The molecule has 0 spiro atoms. The van der Waals surface area contributed by atoms with E-state index in [1.54, 1.807) is 0 Å². The fourth-order valence-corrected chi connectivity index (χ4v) is 2.86. The minimum atomic E-state index is -0.0899. The number of aryl methyl sites for hydroxylation is 2. The highest BCUT2D eigenvalue weighted by molar-refractivity contribution is 5.95. The van der Waals surface area contributed by atoms with Crippen molar-refractivity contribution >= 4 is 5.91 Å². The van der Waals surface area contributed by atoms with Gasteiger partial charge in [-0.15, -0.1) is 0 Å². The van der Waals surface area contributed by atoms with Crippen LogP contribution < -0.4 is 5.32 Å². The number of rotatable bonds is 4. The summed E-state index contributed by atoms with van der Waals surface area (Å²) in [4.78, 5) is 12.2. The molecule has 2 N–H and O–H groups in total. The summed E-state index contributed by atoms with van der Waals surface area (Å²) < 4.78 is 0. The van der Waals surface area contributed by atoms with Crippen molar-refractivity contribution in [3.05, 3.63) is 34.9 Å². The van der Waals surface area contributed by atoms with Gasteiger partial charge < -0.3 is 10.4 Å². The molecule has 1 aliphatic rings. The molecule has 0 radical (unpaired) electrons. The Morgan fingerprint density at radius 2 is 2.00 bits per heavy atom. The van der Waals surface area contributed by atoms with Crippen LogP contribution in [0.5, 0.6) is 0 Å². The molecule has 1 aromatic carbocycles. The largest absolute Gasteiger partial charge is 0.396 e. The Morgan fingerprint density at radius 1 is 1.32 bits per heavy atom. The van der Waals surface area contributed by atoms with Crippen molar-refractivity contribution in [3.8, 4) is 0 Å². The molecule has 0 atom stereocenters. The molecule has 1 aromatic rings. The molecule has 3 heteroatoms. The average Bonchev–Trinajstić information content (AvgIpc) is 2.88. The number of hydrogen-bond acceptors (Lipinski definition) is 2. The standard InChI is InChI=1S/C16H23NO2/c1-12-5-6-13(2)14(9-12)15(19)17-10-16(11-18)7-3-4-8-16/h5-6,9,18H,3-4,7-8,10-11H2,1-2H3,(H,17,19). The second-order valence-corrected chi connectivity index (χ2v) is 5.87. The van der Waals surface area contributed by atoms with E-state index in [2.05, 4.69) is 5.32 Å². The van der Waals surface area contributed by atoms with E-state index in [1.165, 1.54) is 0 Å². The fraction of sp³-hybridized carbons (Fsp3) is 0.562. The molecule has 0 unspecified atom stereocenters. The van der Waals surface area contributed by atoms with Crippen molar-refractivity contribution in [2.45, 2.75) is 39.5 Å². The van der Waals surface area contributed by atoms with E-state index in [1.807, 2.05) is 32.0 Å². The Labute approximate surface area is 115 Å². The summed E-state index contributed by atoms with van der Waals surface area (Å²) in [7, 11) is 0. The molecule has 1 amide bonds. The normalized spacial score (nSPS) is 17.4. The van der Waals surface area contributed by atoms with E-state index in [0.717, 1.165) is 42.4 Å². The van der Waals surface area contributed by atoms with Crippen LogP contribution in [0.15, 0.2) is 18.2 Å². The molecule has 1 aliphatic carbocycles. The van der Waals surface area contributed by atoms with Gasteiger partial charge in [-0.3, -0.25) is 4.79 Å². The van der Waals surface area contributed by atoms with E-state index in [4.69, 9.17) is 0 Å². The predicted molar refractivity (Wildman–Crippen MR) is 76.2 cm³/mol. The number of hydrogen-bond donors (Lipinski definition) is 2. The van der Waals surface area contributed by atoms with Gasteiger partial charge in [-0.05, 0) is 38.3 Å². The smallest absolute Gasteiger partial charge is 0.251 e. The fourth-order valence-electron chi connectivity index (χ4n) is 2.86. The number of benzene rings is 1. The number of aliphatic hydroxyl groups excluding tert-OH is 1. The third-order valence-corrected chi connectivity index (χ3v) is 4.26. The van der Waals surface area contributed by atoms with Crippen molar-refractivity contribution in [3.63, 3.8) is 0 Å².